The fourth-order valence-corrected chi connectivity index (χ4v) is 1.34. The molecule has 0 aliphatic rings. The second-order valence-corrected chi connectivity index (χ2v) is 3.41. The van der Waals surface area contributed by atoms with Gasteiger partial charge in [-0.2, -0.15) is 13.2 Å². The Balaban J connectivity index is 3.21. The van der Waals surface area contributed by atoms with Crippen LogP contribution >= 0.6 is 0 Å². The summed E-state index contributed by atoms with van der Waals surface area (Å²) in [5.41, 5.74) is 2.09. The van der Waals surface area contributed by atoms with E-state index in [0.29, 0.717) is 0 Å². The SMILES string of the molecule is NC(CC(=O)O)(c1ccccc1)C(F)(F)F. The molecule has 0 aliphatic carbocycles. The normalized spacial score (nSPS) is 15.5. The number of halogens is 3. The zero-order valence-electron chi connectivity index (χ0n) is 8.16. The summed E-state index contributed by atoms with van der Waals surface area (Å²) in [6.07, 6.45) is -6.01. The molecule has 0 amide bonds. The molecule has 1 rings (SSSR count). The molecule has 0 heterocycles. The maximum atomic E-state index is 12.8. The molecular weight excluding hydrogens is 223 g/mol. The maximum Gasteiger partial charge on any atom is 0.411 e. The van der Waals surface area contributed by atoms with Gasteiger partial charge in [-0.1, -0.05) is 30.3 Å². The van der Waals surface area contributed by atoms with Crippen LogP contribution in [0.1, 0.15) is 12.0 Å². The van der Waals surface area contributed by atoms with Crippen molar-refractivity contribution in [2.24, 2.45) is 5.73 Å². The van der Waals surface area contributed by atoms with Crippen LogP contribution in [-0.4, -0.2) is 17.3 Å². The Bertz CT molecular complexity index is 377. The quantitative estimate of drug-likeness (QED) is 0.837. The van der Waals surface area contributed by atoms with Crippen LogP contribution < -0.4 is 5.73 Å². The van der Waals surface area contributed by atoms with Gasteiger partial charge in [-0.3, -0.25) is 4.79 Å². The molecule has 1 aromatic rings. The molecule has 0 fully saturated rings. The Morgan fingerprint density at radius 1 is 1.25 bits per heavy atom. The molecule has 16 heavy (non-hydrogen) atoms. The monoisotopic (exact) mass is 233 g/mol. The van der Waals surface area contributed by atoms with Crippen LogP contribution in [0.2, 0.25) is 0 Å². The standard InChI is InChI=1S/C10H10F3NO2/c11-10(12,13)9(14,6-8(15)16)7-4-2-1-3-5-7/h1-5H,6,14H2,(H,15,16). The summed E-state index contributed by atoms with van der Waals surface area (Å²) in [7, 11) is 0. The second-order valence-electron chi connectivity index (χ2n) is 3.41. The summed E-state index contributed by atoms with van der Waals surface area (Å²) in [6, 6.07) is 6.61. The van der Waals surface area contributed by atoms with Gasteiger partial charge in [0.25, 0.3) is 0 Å². The second kappa shape index (κ2) is 4.13. The molecule has 0 spiro atoms. The number of carboxylic acids is 1. The smallest absolute Gasteiger partial charge is 0.411 e. The minimum absolute atomic E-state index is 0.259. The number of hydrogen-bond acceptors (Lipinski definition) is 2. The van der Waals surface area contributed by atoms with Crippen LogP contribution in [0, 0.1) is 0 Å². The Labute approximate surface area is 89.7 Å². The molecule has 0 aliphatic heterocycles. The molecule has 3 nitrogen and oxygen atoms in total. The van der Waals surface area contributed by atoms with Crippen molar-refractivity contribution in [3.05, 3.63) is 35.9 Å². The number of aliphatic carboxylic acids is 1. The molecule has 0 radical (unpaired) electrons. The van der Waals surface area contributed by atoms with Gasteiger partial charge in [0, 0.05) is 0 Å². The van der Waals surface area contributed by atoms with Crippen molar-refractivity contribution in [1.29, 1.82) is 0 Å². The fraction of sp³-hybridized carbons (Fsp3) is 0.300. The lowest BCUT2D eigenvalue weighted by Gasteiger charge is -2.30. The molecule has 0 bridgehead atoms. The van der Waals surface area contributed by atoms with Gasteiger partial charge in [-0.15, -0.1) is 0 Å². The number of rotatable bonds is 3. The average molecular weight is 233 g/mol. The van der Waals surface area contributed by atoms with Crippen molar-refractivity contribution in [2.45, 2.75) is 18.1 Å². The number of carboxylic acid groups (broad SMARTS) is 1. The summed E-state index contributed by atoms with van der Waals surface area (Å²) < 4.78 is 38.3. The van der Waals surface area contributed by atoms with E-state index in [1.807, 2.05) is 0 Å². The first-order valence-electron chi connectivity index (χ1n) is 4.40. The zero-order valence-corrected chi connectivity index (χ0v) is 8.16. The molecule has 88 valence electrons. The summed E-state index contributed by atoms with van der Waals surface area (Å²) in [5.74, 6) is -1.59. The van der Waals surface area contributed by atoms with Gasteiger partial charge in [-0.25, -0.2) is 0 Å². The van der Waals surface area contributed by atoms with Crippen molar-refractivity contribution in [3.63, 3.8) is 0 Å². The van der Waals surface area contributed by atoms with E-state index in [0.717, 1.165) is 12.1 Å². The van der Waals surface area contributed by atoms with Crippen molar-refractivity contribution in [2.75, 3.05) is 0 Å². The largest absolute Gasteiger partial charge is 0.481 e. The Kier molecular flexibility index (Phi) is 3.23. The van der Waals surface area contributed by atoms with E-state index in [4.69, 9.17) is 10.8 Å². The van der Waals surface area contributed by atoms with Crippen molar-refractivity contribution in [1.82, 2.24) is 0 Å². The number of hydrogen-bond donors (Lipinski definition) is 2. The van der Waals surface area contributed by atoms with Crippen LogP contribution in [-0.2, 0) is 10.3 Å². The van der Waals surface area contributed by atoms with Gasteiger partial charge < -0.3 is 10.8 Å². The lowest BCUT2D eigenvalue weighted by Crippen LogP contribution is -2.51. The number of nitrogens with two attached hydrogens (primary N) is 1. The Morgan fingerprint density at radius 3 is 2.12 bits per heavy atom. The first-order valence-corrected chi connectivity index (χ1v) is 4.40. The molecule has 3 N–H and O–H groups in total. The summed E-state index contributed by atoms with van der Waals surface area (Å²) in [4.78, 5) is 10.5. The van der Waals surface area contributed by atoms with Crippen molar-refractivity contribution in [3.8, 4) is 0 Å². The lowest BCUT2D eigenvalue weighted by atomic mass is 9.87. The third-order valence-electron chi connectivity index (χ3n) is 2.22. The highest BCUT2D eigenvalue weighted by atomic mass is 19.4. The maximum absolute atomic E-state index is 12.8. The molecule has 6 heteroatoms. The Hall–Kier alpha value is -1.56. The van der Waals surface area contributed by atoms with E-state index in [9.17, 15) is 18.0 Å². The lowest BCUT2D eigenvalue weighted by molar-refractivity contribution is -0.196. The van der Waals surface area contributed by atoms with Crippen molar-refractivity contribution >= 4 is 5.97 Å². The van der Waals surface area contributed by atoms with Gasteiger partial charge >= 0.3 is 12.1 Å². The summed E-state index contributed by atoms with van der Waals surface area (Å²) in [5, 5.41) is 8.49. The molecule has 1 aromatic carbocycles. The number of alkyl halides is 3. The van der Waals surface area contributed by atoms with Crippen molar-refractivity contribution < 1.29 is 23.1 Å². The number of benzene rings is 1. The predicted molar refractivity (Wildman–Crippen MR) is 50.6 cm³/mol. The first kappa shape index (κ1) is 12.5. The van der Waals surface area contributed by atoms with Crippen LogP contribution in [0.4, 0.5) is 13.2 Å². The summed E-state index contributed by atoms with van der Waals surface area (Å²) in [6.45, 7) is 0. The predicted octanol–water partition coefficient (Wildman–Crippen LogP) is 1.88. The zero-order chi connectivity index (χ0) is 12.4. The third kappa shape index (κ3) is 2.33. The van der Waals surface area contributed by atoms with E-state index in [1.54, 1.807) is 0 Å². The highest BCUT2D eigenvalue weighted by Gasteiger charge is 2.54. The number of carbonyl (C=O) groups is 1. The van der Waals surface area contributed by atoms with Crippen LogP contribution in [0.15, 0.2) is 30.3 Å². The molecule has 0 aromatic heterocycles. The minimum atomic E-state index is -4.81. The topological polar surface area (TPSA) is 63.3 Å². The van der Waals surface area contributed by atoms with Crippen LogP contribution in [0.25, 0.3) is 0 Å². The fourth-order valence-electron chi connectivity index (χ4n) is 1.34. The minimum Gasteiger partial charge on any atom is -0.481 e. The average Bonchev–Trinajstić information content (AvgIpc) is 2.16. The third-order valence-corrected chi connectivity index (χ3v) is 2.22. The van der Waals surface area contributed by atoms with E-state index in [-0.39, 0.29) is 5.56 Å². The van der Waals surface area contributed by atoms with Gasteiger partial charge in [0.15, 0.2) is 0 Å². The molecule has 0 saturated carbocycles. The molecule has 0 saturated heterocycles. The Morgan fingerprint density at radius 2 is 1.75 bits per heavy atom. The van der Waals surface area contributed by atoms with Gasteiger partial charge in [0.2, 0.25) is 0 Å². The van der Waals surface area contributed by atoms with E-state index in [1.165, 1.54) is 18.2 Å². The van der Waals surface area contributed by atoms with Gasteiger partial charge in [0.05, 0.1) is 6.42 Å². The molecule has 1 atom stereocenters. The molecular formula is C10H10F3NO2. The van der Waals surface area contributed by atoms with E-state index in [2.05, 4.69) is 0 Å². The van der Waals surface area contributed by atoms with Gasteiger partial charge in [0.1, 0.15) is 5.54 Å². The van der Waals surface area contributed by atoms with Gasteiger partial charge in [-0.05, 0) is 5.56 Å². The summed E-state index contributed by atoms with van der Waals surface area (Å²) >= 11 is 0. The first-order chi connectivity index (χ1) is 7.27. The van der Waals surface area contributed by atoms with Crippen LogP contribution in [0.5, 0.6) is 0 Å². The molecule has 1 unspecified atom stereocenters. The van der Waals surface area contributed by atoms with E-state index >= 15 is 0 Å². The van der Waals surface area contributed by atoms with Crippen LogP contribution in [0.3, 0.4) is 0 Å². The van der Waals surface area contributed by atoms with E-state index < -0.39 is 24.1 Å². The highest BCUT2D eigenvalue weighted by molar-refractivity contribution is 5.69. The highest BCUT2D eigenvalue weighted by Crippen LogP contribution is 2.39.